The Kier molecular flexibility index (Phi) is 5.82. The molecule has 0 aliphatic carbocycles. The van der Waals surface area contributed by atoms with Gasteiger partial charge in [0.2, 0.25) is 10.0 Å². The molecule has 0 aliphatic rings. The van der Waals surface area contributed by atoms with Gasteiger partial charge in [-0.25, -0.2) is 8.42 Å². The summed E-state index contributed by atoms with van der Waals surface area (Å²) in [5, 5.41) is 0. The Bertz CT molecular complexity index is 624. The van der Waals surface area contributed by atoms with Crippen molar-refractivity contribution < 1.29 is 17.9 Å². The Morgan fingerprint density at radius 2 is 1.81 bits per heavy atom. The number of thiocarbonyl (C=S) groups is 1. The summed E-state index contributed by atoms with van der Waals surface area (Å²) in [4.78, 5) is 11.8. The molecule has 0 spiro atoms. The fraction of sp³-hybridized carbons (Fsp3) is 0.385. The van der Waals surface area contributed by atoms with Crippen LogP contribution >= 0.6 is 12.2 Å². The zero-order valence-corrected chi connectivity index (χ0v) is 13.6. The molecule has 1 unspecified atom stereocenters. The van der Waals surface area contributed by atoms with Gasteiger partial charge in [-0.05, 0) is 18.1 Å². The van der Waals surface area contributed by atoms with E-state index in [1.54, 1.807) is 13.8 Å². The molecule has 0 heterocycles. The predicted octanol–water partition coefficient (Wildman–Crippen LogP) is 0.797. The highest BCUT2D eigenvalue weighted by atomic mass is 32.2. The maximum atomic E-state index is 12.3. The zero-order valence-electron chi connectivity index (χ0n) is 12.0. The van der Waals surface area contributed by atoms with Crippen LogP contribution in [0.4, 0.5) is 0 Å². The summed E-state index contributed by atoms with van der Waals surface area (Å²) in [6, 6.07) is 4.84. The van der Waals surface area contributed by atoms with Crippen molar-refractivity contribution in [1.29, 1.82) is 0 Å². The van der Waals surface area contributed by atoms with Crippen LogP contribution in [0.1, 0.15) is 19.4 Å². The molecule has 1 atom stereocenters. The molecule has 0 aromatic heterocycles. The fourth-order valence-electron chi connectivity index (χ4n) is 1.62. The van der Waals surface area contributed by atoms with Crippen molar-refractivity contribution in [3.8, 4) is 0 Å². The van der Waals surface area contributed by atoms with Crippen LogP contribution in [-0.4, -0.2) is 32.5 Å². The van der Waals surface area contributed by atoms with E-state index in [0.717, 1.165) is 0 Å². The quantitative estimate of drug-likeness (QED) is 0.591. The Labute approximate surface area is 129 Å². The first-order valence-electron chi connectivity index (χ1n) is 6.19. The van der Waals surface area contributed by atoms with Crippen molar-refractivity contribution in [1.82, 2.24) is 4.72 Å². The zero-order chi connectivity index (χ0) is 16.2. The number of benzene rings is 1. The minimum absolute atomic E-state index is 0.0250. The van der Waals surface area contributed by atoms with Crippen LogP contribution in [0, 0.1) is 5.92 Å². The minimum Gasteiger partial charge on any atom is -0.468 e. The monoisotopic (exact) mass is 330 g/mol. The normalized spacial score (nSPS) is 13.0. The van der Waals surface area contributed by atoms with E-state index >= 15 is 0 Å². The Balaban J connectivity index is 3.04. The number of rotatable bonds is 6. The molecule has 0 amide bonds. The molecule has 8 heteroatoms. The average Bonchev–Trinajstić information content (AvgIpc) is 2.43. The largest absolute Gasteiger partial charge is 0.468 e. The van der Waals surface area contributed by atoms with Crippen molar-refractivity contribution in [2.75, 3.05) is 7.11 Å². The molecule has 6 nitrogen and oxygen atoms in total. The number of methoxy groups -OCH3 is 1. The Morgan fingerprint density at radius 1 is 1.29 bits per heavy atom. The standard InChI is InChI=1S/C13H18N2O4S2/c1-8(2)11(13(16)19-3)15-21(17,18)10-6-4-9(5-7-10)12(14)20/h4-8,11,15H,1-3H3,(H2,14,20). The van der Waals surface area contributed by atoms with Gasteiger partial charge in [0.1, 0.15) is 11.0 Å². The molecule has 0 saturated heterocycles. The second-order valence-electron chi connectivity index (χ2n) is 4.75. The lowest BCUT2D eigenvalue weighted by atomic mass is 10.1. The van der Waals surface area contributed by atoms with Crippen LogP contribution in [0.25, 0.3) is 0 Å². The van der Waals surface area contributed by atoms with Gasteiger partial charge in [-0.3, -0.25) is 4.79 Å². The summed E-state index contributed by atoms with van der Waals surface area (Å²) in [6.07, 6.45) is 0. The molecule has 0 fully saturated rings. The van der Waals surface area contributed by atoms with Gasteiger partial charge in [-0.1, -0.05) is 38.2 Å². The number of esters is 1. The number of hydrogen-bond acceptors (Lipinski definition) is 5. The van der Waals surface area contributed by atoms with Gasteiger partial charge in [-0.2, -0.15) is 4.72 Å². The molecule has 116 valence electrons. The van der Waals surface area contributed by atoms with E-state index in [1.807, 2.05) is 0 Å². The van der Waals surface area contributed by atoms with Gasteiger partial charge in [0, 0.05) is 5.56 Å². The molecule has 0 aliphatic heterocycles. The van der Waals surface area contributed by atoms with Crippen LogP contribution in [0.3, 0.4) is 0 Å². The molecule has 1 rings (SSSR count). The fourth-order valence-corrected chi connectivity index (χ4v) is 3.09. The van der Waals surface area contributed by atoms with E-state index < -0.39 is 22.0 Å². The Hall–Kier alpha value is -1.51. The van der Waals surface area contributed by atoms with Gasteiger partial charge >= 0.3 is 5.97 Å². The number of sulfonamides is 1. The van der Waals surface area contributed by atoms with Crippen molar-refractivity contribution in [3.05, 3.63) is 29.8 Å². The molecule has 1 aromatic rings. The molecular formula is C13H18N2O4S2. The summed E-state index contributed by atoms with van der Waals surface area (Å²) in [5.41, 5.74) is 6.02. The van der Waals surface area contributed by atoms with E-state index in [-0.39, 0.29) is 15.8 Å². The van der Waals surface area contributed by atoms with E-state index in [0.29, 0.717) is 5.56 Å². The van der Waals surface area contributed by atoms with Crippen molar-refractivity contribution in [2.24, 2.45) is 11.7 Å². The molecule has 0 radical (unpaired) electrons. The third kappa shape index (κ3) is 4.48. The molecular weight excluding hydrogens is 312 g/mol. The maximum absolute atomic E-state index is 12.3. The molecule has 0 saturated carbocycles. The van der Waals surface area contributed by atoms with Crippen molar-refractivity contribution >= 4 is 33.2 Å². The van der Waals surface area contributed by atoms with E-state index in [2.05, 4.69) is 9.46 Å². The number of hydrogen-bond donors (Lipinski definition) is 2. The lowest BCUT2D eigenvalue weighted by molar-refractivity contribution is -0.143. The third-order valence-electron chi connectivity index (χ3n) is 2.85. The van der Waals surface area contributed by atoms with Crippen LogP contribution < -0.4 is 10.5 Å². The van der Waals surface area contributed by atoms with Crippen LogP contribution in [0.15, 0.2) is 29.2 Å². The molecule has 3 N–H and O–H groups in total. The third-order valence-corrected chi connectivity index (χ3v) is 4.55. The molecule has 0 bridgehead atoms. The second kappa shape index (κ2) is 6.97. The molecule has 21 heavy (non-hydrogen) atoms. The van der Waals surface area contributed by atoms with Gasteiger partial charge in [0.25, 0.3) is 0 Å². The lowest BCUT2D eigenvalue weighted by Gasteiger charge is -2.19. The molecule has 1 aromatic carbocycles. The Morgan fingerprint density at radius 3 is 2.19 bits per heavy atom. The summed E-state index contributed by atoms with van der Waals surface area (Å²) in [7, 11) is -2.63. The summed E-state index contributed by atoms with van der Waals surface area (Å²) >= 11 is 4.80. The highest BCUT2D eigenvalue weighted by molar-refractivity contribution is 7.89. The number of nitrogens with one attached hydrogen (secondary N) is 1. The first-order valence-corrected chi connectivity index (χ1v) is 8.08. The highest BCUT2D eigenvalue weighted by Crippen LogP contribution is 2.14. The topological polar surface area (TPSA) is 98.5 Å². The smallest absolute Gasteiger partial charge is 0.324 e. The number of carbonyl (C=O) groups is 1. The van der Waals surface area contributed by atoms with Crippen LogP contribution in [0.2, 0.25) is 0 Å². The van der Waals surface area contributed by atoms with E-state index in [1.165, 1.54) is 31.4 Å². The first-order chi connectivity index (χ1) is 9.69. The minimum atomic E-state index is -3.84. The van der Waals surface area contributed by atoms with Crippen molar-refractivity contribution in [3.63, 3.8) is 0 Å². The summed E-state index contributed by atoms with van der Waals surface area (Å²) in [5.74, 6) is -0.878. The second-order valence-corrected chi connectivity index (χ2v) is 6.91. The maximum Gasteiger partial charge on any atom is 0.324 e. The lowest BCUT2D eigenvalue weighted by Crippen LogP contribution is -2.44. The average molecular weight is 330 g/mol. The van der Waals surface area contributed by atoms with Crippen LogP contribution in [-0.2, 0) is 19.6 Å². The SMILES string of the molecule is COC(=O)C(NS(=O)(=O)c1ccc(C(N)=S)cc1)C(C)C. The van der Waals surface area contributed by atoms with E-state index in [9.17, 15) is 13.2 Å². The first kappa shape index (κ1) is 17.5. The highest BCUT2D eigenvalue weighted by Gasteiger charge is 2.29. The van der Waals surface area contributed by atoms with Gasteiger partial charge in [0.15, 0.2) is 0 Å². The van der Waals surface area contributed by atoms with E-state index in [4.69, 9.17) is 18.0 Å². The predicted molar refractivity (Wildman–Crippen MR) is 83.3 cm³/mol. The summed E-state index contributed by atoms with van der Waals surface area (Å²) in [6.45, 7) is 3.44. The number of carbonyl (C=O) groups excluding carboxylic acids is 1. The number of nitrogens with two attached hydrogens (primary N) is 1. The van der Waals surface area contributed by atoms with Gasteiger partial charge < -0.3 is 10.5 Å². The summed E-state index contributed by atoms with van der Waals surface area (Å²) < 4.78 is 31.5. The van der Waals surface area contributed by atoms with Gasteiger partial charge in [-0.15, -0.1) is 0 Å². The number of ether oxygens (including phenoxy) is 1. The van der Waals surface area contributed by atoms with Crippen LogP contribution in [0.5, 0.6) is 0 Å². The van der Waals surface area contributed by atoms with Gasteiger partial charge in [0.05, 0.1) is 12.0 Å². The van der Waals surface area contributed by atoms with Crippen molar-refractivity contribution in [2.45, 2.75) is 24.8 Å².